The molecular weight excluding hydrogens is 412 g/mol. The summed E-state index contributed by atoms with van der Waals surface area (Å²) in [6.45, 7) is 4.64. The largest absolute Gasteiger partial charge is 0.493 e. The number of thiocarbonyl (C=S) groups is 1. The molecule has 1 heterocycles. The number of nitrogens with one attached hydrogen (secondary N) is 1. The molecule has 2 rings (SSSR count). The van der Waals surface area contributed by atoms with Gasteiger partial charge in [0.2, 0.25) is 0 Å². The average molecular weight is 441 g/mol. The number of carbonyl (C=O) groups excluding carboxylic acids is 1. The van der Waals surface area contributed by atoms with Crippen LogP contribution in [0.5, 0.6) is 5.75 Å². The van der Waals surface area contributed by atoms with Gasteiger partial charge in [-0.1, -0.05) is 55.0 Å². The van der Waals surface area contributed by atoms with Crippen LogP contribution in [-0.4, -0.2) is 35.6 Å². The third-order valence-corrected chi connectivity index (χ3v) is 5.41. The molecule has 144 valence electrons. The molecule has 6 heteroatoms. The van der Waals surface area contributed by atoms with Gasteiger partial charge in [-0.3, -0.25) is 10.1 Å². The topological polar surface area (TPSA) is 41.6 Å². The molecule has 26 heavy (non-hydrogen) atoms. The molecule has 0 bridgehead atoms. The van der Waals surface area contributed by atoms with Crippen molar-refractivity contribution in [3.63, 3.8) is 0 Å². The minimum atomic E-state index is -0.205. The van der Waals surface area contributed by atoms with Crippen LogP contribution in [0.15, 0.2) is 22.7 Å². The standard InChI is InChI=1S/C20H29BrN2O2S/c1-2-3-4-9-14-25-18-11-10-16(21)15-17(18)19(24)22-20(26)23-12-7-5-6-8-13-23/h10-11,15H,2-9,12-14H2,1H3,(H,22,24,26). The van der Waals surface area contributed by atoms with Crippen LogP contribution >= 0.6 is 28.1 Å². The highest BCUT2D eigenvalue weighted by molar-refractivity contribution is 9.10. The van der Waals surface area contributed by atoms with Gasteiger partial charge in [-0.05, 0) is 49.7 Å². The first-order chi connectivity index (χ1) is 12.6. The van der Waals surface area contributed by atoms with Crippen molar-refractivity contribution in [2.24, 2.45) is 0 Å². The first kappa shape index (κ1) is 21.2. The summed E-state index contributed by atoms with van der Waals surface area (Å²) in [6.07, 6.45) is 9.26. The highest BCUT2D eigenvalue weighted by atomic mass is 79.9. The molecule has 0 atom stereocenters. The van der Waals surface area contributed by atoms with Gasteiger partial charge in [-0.15, -0.1) is 0 Å². The van der Waals surface area contributed by atoms with Gasteiger partial charge in [-0.25, -0.2) is 0 Å². The van der Waals surface area contributed by atoms with Crippen LogP contribution in [0.2, 0.25) is 0 Å². The lowest BCUT2D eigenvalue weighted by atomic mass is 10.2. The summed E-state index contributed by atoms with van der Waals surface area (Å²) in [5.74, 6) is 0.407. The van der Waals surface area contributed by atoms with E-state index in [4.69, 9.17) is 17.0 Å². The smallest absolute Gasteiger partial charge is 0.261 e. The van der Waals surface area contributed by atoms with Crippen LogP contribution in [0.25, 0.3) is 0 Å². The molecule has 0 aliphatic carbocycles. The van der Waals surface area contributed by atoms with Gasteiger partial charge >= 0.3 is 0 Å². The zero-order valence-electron chi connectivity index (χ0n) is 15.6. The number of rotatable bonds is 7. The molecule has 0 radical (unpaired) electrons. The van der Waals surface area contributed by atoms with E-state index in [1.807, 2.05) is 12.1 Å². The fraction of sp³-hybridized carbons (Fsp3) is 0.600. The van der Waals surface area contributed by atoms with E-state index in [-0.39, 0.29) is 5.91 Å². The van der Waals surface area contributed by atoms with Crippen molar-refractivity contribution in [1.82, 2.24) is 10.2 Å². The molecule has 1 N–H and O–H groups in total. The second kappa shape index (κ2) is 11.5. The monoisotopic (exact) mass is 440 g/mol. The molecule has 4 nitrogen and oxygen atoms in total. The van der Waals surface area contributed by atoms with E-state index in [1.165, 1.54) is 25.7 Å². The summed E-state index contributed by atoms with van der Waals surface area (Å²) < 4.78 is 6.72. The molecule has 1 aromatic carbocycles. The van der Waals surface area contributed by atoms with Gasteiger partial charge in [0, 0.05) is 17.6 Å². The van der Waals surface area contributed by atoms with Crippen LogP contribution in [0.3, 0.4) is 0 Å². The highest BCUT2D eigenvalue weighted by Crippen LogP contribution is 2.24. The summed E-state index contributed by atoms with van der Waals surface area (Å²) in [6, 6.07) is 5.53. The molecule has 0 spiro atoms. The number of carbonyl (C=O) groups is 1. The average Bonchev–Trinajstić information content (AvgIpc) is 2.92. The Kier molecular flexibility index (Phi) is 9.40. The number of benzene rings is 1. The van der Waals surface area contributed by atoms with Crippen molar-refractivity contribution < 1.29 is 9.53 Å². The van der Waals surface area contributed by atoms with E-state index in [2.05, 4.69) is 33.1 Å². The lowest BCUT2D eigenvalue weighted by molar-refractivity contribution is 0.0969. The Morgan fingerprint density at radius 1 is 1.19 bits per heavy atom. The number of hydrogen-bond donors (Lipinski definition) is 1. The highest BCUT2D eigenvalue weighted by Gasteiger charge is 2.18. The number of ether oxygens (including phenoxy) is 1. The van der Waals surface area contributed by atoms with Crippen LogP contribution in [0.1, 0.15) is 68.6 Å². The molecule has 1 saturated heterocycles. The zero-order chi connectivity index (χ0) is 18.8. The van der Waals surface area contributed by atoms with Crippen molar-refractivity contribution in [2.75, 3.05) is 19.7 Å². The zero-order valence-corrected chi connectivity index (χ0v) is 18.0. The van der Waals surface area contributed by atoms with Gasteiger partial charge in [0.1, 0.15) is 5.75 Å². The molecule has 1 aliphatic rings. The van der Waals surface area contributed by atoms with E-state index in [0.717, 1.165) is 43.2 Å². The SMILES string of the molecule is CCCCCCOc1ccc(Br)cc1C(=O)NC(=S)N1CCCCCC1. The van der Waals surface area contributed by atoms with Gasteiger partial charge in [0.15, 0.2) is 5.11 Å². The maximum Gasteiger partial charge on any atom is 0.261 e. The van der Waals surface area contributed by atoms with Crippen LogP contribution in [0.4, 0.5) is 0 Å². The van der Waals surface area contributed by atoms with E-state index in [1.54, 1.807) is 6.07 Å². The molecule has 0 saturated carbocycles. The predicted octanol–water partition coefficient (Wildman–Crippen LogP) is 5.30. The molecule has 0 unspecified atom stereocenters. The Labute approximate surface area is 170 Å². The summed E-state index contributed by atoms with van der Waals surface area (Å²) in [5, 5.41) is 3.41. The fourth-order valence-corrected chi connectivity index (χ4v) is 3.67. The van der Waals surface area contributed by atoms with Crippen molar-refractivity contribution in [2.45, 2.75) is 58.3 Å². The minimum Gasteiger partial charge on any atom is -0.493 e. The van der Waals surface area contributed by atoms with Crippen molar-refractivity contribution in [3.8, 4) is 5.75 Å². The fourth-order valence-electron chi connectivity index (χ4n) is 3.03. The predicted molar refractivity (Wildman–Crippen MR) is 114 cm³/mol. The Morgan fingerprint density at radius 3 is 2.62 bits per heavy atom. The first-order valence-corrected chi connectivity index (χ1v) is 10.8. The molecule has 0 aromatic heterocycles. The number of unbranched alkanes of at least 4 members (excludes halogenated alkanes) is 3. The summed E-state index contributed by atoms with van der Waals surface area (Å²) in [4.78, 5) is 14.9. The van der Waals surface area contributed by atoms with E-state index in [9.17, 15) is 4.79 Å². The molecule has 1 aliphatic heterocycles. The van der Waals surface area contributed by atoms with Gasteiger partial charge in [-0.2, -0.15) is 0 Å². The molecule has 1 amide bonds. The lowest BCUT2D eigenvalue weighted by Gasteiger charge is -2.23. The van der Waals surface area contributed by atoms with Crippen molar-refractivity contribution in [3.05, 3.63) is 28.2 Å². The molecular formula is C20H29BrN2O2S. The van der Waals surface area contributed by atoms with Gasteiger partial charge < -0.3 is 9.64 Å². The van der Waals surface area contributed by atoms with Crippen LogP contribution in [0, 0.1) is 0 Å². The van der Waals surface area contributed by atoms with E-state index in [0.29, 0.717) is 23.0 Å². The van der Waals surface area contributed by atoms with Crippen LogP contribution in [-0.2, 0) is 0 Å². The Bertz CT molecular complexity index is 601. The number of hydrogen-bond acceptors (Lipinski definition) is 3. The summed E-state index contributed by atoms with van der Waals surface area (Å²) in [5.41, 5.74) is 0.520. The summed E-state index contributed by atoms with van der Waals surface area (Å²) >= 11 is 8.90. The number of halogens is 1. The Morgan fingerprint density at radius 2 is 1.92 bits per heavy atom. The maximum atomic E-state index is 12.8. The maximum absolute atomic E-state index is 12.8. The van der Waals surface area contributed by atoms with Crippen LogP contribution < -0.4 is 10.1 Å². The number of likely N-dealkylation sites (tertiary alicyclic amines) is 1. The van der Waals surface area contributed by atoms with Gasteiger partial charge in [0.25, 0.3) is 5.91 Å². The molecule has 1 fully saturated rings. The minimum absolute atomic E-state index is 0.205. The third-order valence-electron chi connectivity index (χ3n) is 4.56. The Balaban J connectivity index is 1.97. The van der Waals surface area contributed by atoms with Gasteiger partial charge in [0.05, 0.1) is 12.2 Å². The first-order valence-electron chi connectivity index (χ1n) is 9.64. The number of amides is 1. The second-order valence-corrected chi connectivity index (χ2v) is 8.01. The normalized spacial score (nSPS) is 14.6. The van der Waals surface area contributed by atoms with Crippen molar-refractivity contribution in [1.29, 1.82) is 0 Å². The van der Waals surface area contributed by atoms with E-state index >= 15 is 0 Å². The van der Waals surface area contributed by atoms with Crippen molar-refractivity contribution >= 4 is 39.2 Å². The number of nitrogens with zero attached hydrogens (tertiary/aromatic N) is 1. The quantitative estimate of drug-likeness (QED) is 0.461. The third kappa shape index (κ3) is 6.88. The lowest BCUT2D eigenvalue weighted by Crippen LogP contribution is -2.43. The van der Waals surface area contributed by atoms with E-state index < -0.39 is 0 Å². The molecule has 1 aromatic rings. The Hall–Kier alpha value is -1.14. The second-order valence-electron chi connectivity index (χ2n) is 6.71. The summed E-state index contributed by atoms with van der Waals surface area (Å²) in [7, 11) is 0.